The zero-order valence-electron chi connectivity index (χ0n) is 9.47. The molecule has 3 atom stereocenters. The van der Waals surface area contributed by atoms with Crippen LogP contribution in [0.3, 0.4) is 0 Å². The van der Waals surface area contributed by atoms with Crippen molar-refractivity contribution in [1.82, 2.24) is 0 Å². The lowest BCUT2D eigenvalue weighted by Crippen LogP contribution is -2.40. The van der Waals surface area contributed by atoms with Crippen LogP contribution in [-0.2, 0) is 0 Å². The fourth-order valence-corrected chi connectivity index (χ4v) is 2.92. The summed E-state index contributed by atoms with van der Waals surface area (Å²) in [5, 5.41) is 0. The summed E-state index contributed by atoms with van der Waals surface area (Å²) in [7, 11) is 0. The second-order valence-electron chi connectivity index (χ2n) is 5.14. The molecule has 0 radical (unpaired) electrons. The summed E-state index contributed by atoms with van der Waals surface area (Å²) >= 11 is 0. The Morgan fingerprint density at radius 3 is 2.54 bits per heavy atom. The van der Waals surface area contributed by atoms with Gasteiger partial charge in [0.25, 0.3) is 0 Å². The molecule has 0 aliphatic heterocycles. The number of hydrogen-bond acceptors (Lipinski definition) is 1. The normalized spacial score (nSPS) is 40.6. The summed E-state index contributed by atoms with van der Waals surface area (Å²) in [5.74, 6) is 0.796. The van der Waals surface area contributed by atoms with Gasteiger partial charge in [-0.15, -0.1) is 0 Å². The molecule has 0 aromatic rings. The molecular formula is C12H25N. The van der Waals surface area contributed by atoms with Crippen molar-refractivity contribution in [2.24, 2.45) is 17.1 Å². The first kappa shape index (κ1) is 11.0. The van der Waals surface area contributed by atoms with E-state index in [1.54, 1.807) is 0 Å². The van der Waals surface area contributed by atoms with Crippen LogP contribution < -0.4 is 5.73 Å². The number of hydrogen-bond donors (Lipinski definition) is 1. The molecule has 0 bridgehead atoms. The first-order valence-corrected chi connectivity index (χ1v) is 5.87. The molecule has 78 valence electrons. The standard InChI is InChI=1S/C12H25N/c1-4-7-12(3)8-6-10(5-2)11(13)9-12/h10-11H,4-9,13H2,1-3H3/t10?,11?,12-/m0/s1. The van der Waals surface area contributed by atoms with Gasteiger partial charge in [0.1, 0.15) is 0 Å². The third kappa shape index (κ3) is 2.70. The van der Waals surface area contributed by atoms with Crippen LogP contribution in [0.25, 0.3) is 0 Å². The fourth-order valence-electron chi connectivity index (χ4n) is 2.92. The van der Waals surface area contributed by atoms with Crippen LogP contribution in [0.2, 0.25) is 0 Å². The largest absolute Gasteiger partial charge is 0.327 e. The van der Waals surface area contributed by atoms with E-state index in [1.165, 1.54) is 38.5 Å². The molecule has 0 amide bonds. The monoisotopic (exact) mass is 183 g/mol. The number of rotatable bonds is 3. The summed E-state index contributed by atoms with van der Waals surface area (Å²) < 4.78 is 0. The van der Waals surface area contributed by atoms with Crippen molar-refractivity contribution in [3.05, 3.63) is 0 Å². The molecular weight excluding hydrogens is 158 g/mol. The van der Waals surface area contributed by atoms with E-state index >= 15 is 0 Å². The van der Waals surface area contributed by atoms with Crippen LogP contribution >= 0.6 is 0 Å². The summed E-state index contributed by atoms with van der Waals surface area (Å²) in [5.41, 5.74) is 6.75. The minimum Gasteiger partial charge on any atom is -0.327 e. The Kier molecular flexibility index (Phi) is 3.78. The van der Waals surface area contributed by atoms with Crippen LogP contribution in [0.4, 0.5) is 0 Å². The highest BCUT2D eigenvalue weighted by molar-refractivity contribution is 4.88. The van der Waals surface area contributed by atoms with Crippen molar-refractivity contribution in [2.45, 2.75) is 65.3 Å². The average Bonchev–Trinajstić information content (AvgIpc) is 2.04. The first-order valence-electron chi connectivity index (χ1n) is 5.87. The van der Waals surface area contributed by atoms with Crippen LogP contribution in [0.1, 0.15) is 59.3 Å². The maximum absolute atomic E-state index is 6.20. The third-order valence-electron chi connectivity index (χ3n) is 3.83. The van der Waals surface area contributed by atoms with Gasteiger partial charge in [-0.3, -0.25) is 0 Å². The minimum absolute atomic E-state index is 0.468. The van der Waals surface area contributed by atoms with Crippen LogP contribution in [0, 0.1) is 11.3 Å². The molecule has 1 saturated carbocycles. The van der Waals surface area contributed by atoms with E-state index in [4.69, 9.17) is 5.73 Å². The van der Waals surface area contributed by atoms with E-state index < -0.39 is 0 Å². The Morgan fingerprint density at radius 2 is 2.08 bits per heavy atom. The SMILES string of the molecule is CCC[C@@]1(C)CCC(CC)C(N)C1. The lowest BCUT2D eigenvalue weighted by atomic mass is 9.67. The summed E-state index contributed by atoms with van der Waals surface area (Å²) in [4.78, 5) is 0. The Labute approximate surface area is 83.1 Å². The van der Waals surface area contributed by atoms with Gasteiger partial charge >= 0.3 is 0 Å². The molecule has 1 aliphatic rings. The van der Waals surface area contributed by atoms with Crippen molar-refractivity contribution in [3.63, 3.8) is 0 Å². The summed E-state index contributed by atoms with van der Waals surface area (Å²) in [6, 6.07) is 0.468. The maximum Gasteiger partial charge on any atom is 0.00722 e. The Morgan fingerprint density at radius 1 is 1.38 bits per heavy atom. The zero-order valence-corrected chi connectivity index (χ0v) is 9.47. The molecule has 2 unspecified atom stereocenters. The van der Waals surface area contributed by atoms with Crippen molar-refractivity contribution < 1.29 is 0 Å². The van der Waals surface area contributed by atoms with Gasteiger partial charge < -0.3 is 5.73 Å². The first-order chi connectivity index (χ1) is 6.11. The van der Waals surface area contributed by atoms with Crippen LogP contribution in [0.15, 0.2) is 0 Å². The van der Waals surface area contributed by atoms with Crippen molar-refractivity contribution >= 4 is 0 Å². The smallest absolute Gasteiger partial charge is 0.00722 e. The van der Waals surface area contributed by atoms with Gasteiger partial charge in [-0.2, -0.15) is 0 Å². The second-order valence-corrected chi connectivity index (χ2v) is 5.14. The minimum atomic E-state index is 0.468. The van der Waals surface area contributed by atoms with Gasteiger partial charge in [-0.25, -0.2) is 0 Å². The average molecular weight is 183 g/mol. The van der Waals surface area contributed by atoms with Gasteiger partial charge in [0, 0.05) is 6.04 Å². The van der Waals surface area contributed by atoms with Crippen molar-refractivity contribution in [1.29, 1.82) is 0 Å². The molecule has 1 fully saturated rings. The number of nitrogens with two attached hydrogens (primary N) is 1. The predicted octanol–water partition coefficient (Wildman–Crippen LogP) is 3.33. The highest BCUT2D eigenvalue weighted by atomic mass is 14.7. The highest BCUT2D eigenvalue weighted by Crippen LogP contribution is 2.42. The summed E-state index contributed by atoms with van der Waals surface area (Å²) in [6.07, 6.45) is 7.93. The molecule has 0 spiro atoms. The van der Waals surface area contributed by atoms with E-state index in [0.29, 0.717) is 11.5 Å². The third-order valence-corrected chi connectivity index (χ3v) is 3.83. The molecule has 0 aromatic heterocycles. The molecule has 0 aromatic carbocycles. The fraction of sp³-hybridized carbons (Fsp3) is 1.00. The summed E-state index contributed by atoms with van der Waals surface area (Å²) in [6.45, 7) is 6.97. The lowest BCUT2D eigenvalue weighted by molar-refractivity contribution is 0.131. The molecule has 0 heterocycles. The zero-order chi connectivity index (χ0) is 9.90. The quantitative estimate of drug-likeness (QED) is 0.713. The highest BCUT2D eigenvalue weighted by Gasteiger charge is 2.34. The van der Waals surface area contributed by atoms with Gasteiger partial charge in [-0.05, 0) is 37.0 Å². The van der Waals surface area contributed by atoms with Gasteiger partial charge in [-0.1, -0.05) is 33.6 Å². The van der Waals surface area contributed by atoms with Crippen LogP contribution in [0.5, 0.6) is 0 Å². The van der Waals surface area contributed by atoms with Crippen molar-refractivity contribution in [2.75, 3.05) is 0 Å². The molecule has 0 saturated heterocycles. The van der Waals surface area contributed by atoms with Gasteiger partial charge in [0.05, 0.1) is 0 Å². The van der Waals surface area contributed by atoms with Crippen molar-refractivity contribution in [3.8, 4) is 0 Å². The maximum atomic E-state index is 6.20. The van der Waals surface area contributed by atoms with E-state index in [1.807, 2.05) is 0 Å². The van der Waals surface area contributed by atoms with E-state index in [2.05, 4.69) is 20.8 Å². The molecule has 1 nitrogen and oxygen atoms in total. The lowest BCUT2D eigenvalue weighted by Gasteiger charge is -2.41. The van der Waals surface area contributed by atoms with Gasteiger partial charge in [0.2, 0.25) is 0 Å². The molecule has 1 heteroatoms. The Hall–Kier alpha value is -0.0400. The van der Waals surface area contributed by atoms with E-state index in [9.17, 15) is 0 Å². The van der Waals surface area contributed by atoms with Gasteiger partial charge in [0.15, 0.2) is 0 Å². The molecule has 1 rings (SSSR count). The van der Waals surface area contributed by atoms with Crippen LogP contribution in [-0.4, -0.2) is 6.04 Å². The molecule has 2 N–H and O–H groups in total. The Bertz CT molecular complexity index is 155. The molecule has 13 heavy (non-hydrogen) atoms. The van der Waals surface area contributed by atoms with E-state index in [0.717, 1.165) is 5.92 Å². The van der Waals surface area contributed by atoms with E-state index in [-0.39, 0.29) is 0 Å². The predicted molar refractivity (Wildman–Crippen MR) is 58.6 cm³/mol. The second kappa shape index (κ2) is 4.45. The molecule has 1 aliphatic carbocycles. The topological polar surface area (TPSA) is 26.0 Å². The Balaban J connectivity index is 2.48.